The van der Waals surface area contributed by atoms with Gasteiger partial charge in [-0.1, -0.05) is 0 Å². The van der Waals surface area contributed by atoms with Crippen LogP contribution in [0.3, 0.4) is 0 Å². The maximum atomic E-state index is 11.9. The molecule has 2 aliphatic rings. The van der Waals surface area contributed by atoms with Gasteiger partial charge < -0.3 is 9.47 Å². The Labute approximate surface area is 103 Å². The summed E-state index contributed by atoms with van der Waals surface area (Å²) in [5, 5.41) is -0.363. The molecule has 1 unspecified atom stereocenters. The first-order chi connectivity index (χ1) is 7.97. The van der Waals surface area contributed by atoms with Crippen LogP contribution >= 0.6 is 11.8 Å². The van der Waals surface area contributed by atoms with Crippen LogP contribution in [0.1, 0.15) is 6.92 Å². The number of nitrogens with two attached hydrogens (primary N) is 1. The van der Waals surface area contributed by atoms with Crippen molar-refractivity contribution < 1.29 is 19.1 Å². The molecule has 7 heteroatoms. The molecular formula is C10H14N2O4S. The molecule has 2 rings (SSSR count). The third-order valence-electron chi connectivity index (χ3n) is 2.97. The molecule has 6 nitrogen and oxygen atoms in total. The fraction of sp³-hybridized carbons (Fsp3) is 0.600. The van der Waals surface area contributed by atoms with Crippen molar-refractivity contribution in [2.75, 3.05) is 20.0 Å². The largest absolute Gasteiger partial charge is 0.464 e. The van der Waals surface area contributed by atoms with Crippen molar-refractivity contribution in [2.24, 2.45) is 5.73 Å². The molecule has 2 N–H and O–H groups in total. The number of nitrogens with zero attached hydrogens (tertiary/aromatic N) is 1. The third kappa shape index (κ3) is 1.50. The molecule has 0 bridgehead atoms. The fourth-order valence-electron chi connectivity index (χ4n) is 1.98. The lowest BCUT2D eigenvalue weighted by Crippen LogP contribution is -2.78. The summed E-state index contributed by atoms with van der Waals surface area (Å²) in [6.45, 7) is 1.80. The van der Waals surface area contributed by atoms with E-state index in [2.05, 4.69) is 4.74 Å². The second-order valence-corrected chi connectivity index (χ2v) is 5.02. The van der Waals surface area contributed by atoms with Gasteiger partial charge in [-0.25, -0.2) is 4.79 Å². The van der Waals surface area contributed by atoms with E-state index in [9.17, 15) is 9.59 Å². The van der Waals surface area contributed by atoms with Crippen LogP contribution < -0.4 is 5.73 Å². The summed E-state index contributed by atoms with van der Waals surface area (Å²) in [5.74, 6) is -0.294. The van der Waals surface area contributed by atoms with E-state index in [1.54, 1.807) is 6.92 Å². The maximum Gasteiger partial charge on any atom is 0.354 e. The molecule has 1 saturated heterocycles. The summed E-state index contributed by atoms with van der Waals surface area (Å²) in [5.41, 5.74) is 5.61. The van der Waals surface area contributed by atoms with Crippen LogP contribution in [0.4, 0.5) is 0 Å². The van der Waals surface area contributed by atoms with Gasteiger partial charge in [-0.05, 0) is 12.5 Å². The van der Waals surface area contributed by atoms with Crippen molar-refractivity contribution in [3.8, 4) is 0 Å². The van der Waals surface area contributed by atoms with E-state index in [1.165, 1.54) is 30.9 Å². The Morgan fingerprint density at radius 2 is 2.24 bits per heavy atom. The lowest BCUT2D eigenvalue weighted by molar-refractivity contribution is -0.183. The molecule has 0 saturated carbocycles. The molecule has 0 spiro atoms. The van der Waals surface area contributed by atoms with E-state index in [1.807, 2.05) is 0 Å². The smallest absolute Gasteiger partial charge is 0.354 e. The summed E-state index contributed by atoms with van der Waals surface area (Å²) in [6, 6.07) is 0. The summed E-state index contributed by atoms with van der Waals surface area (Å²) >= 11 is 1.48. The summed E-state index contributed by atoms with van der Waals surface area (Å²) in [7, 11) is 2.68. The molecule has 0 aromatic rings. The molecule has 1 fully saturated rings. The van der Waals surface area contributed by atoms with Gasteiger partial charge in [0, 0.05) is 12.9 Å². The van der Waals surface area contributed by atoms with E-state index >= 15 is 0 Å². The van der Waals surface area contributed by atoms with Crippen molar-refractivity contribution >= 4 is 23.6 Å². The van der Waals surface area contributed by atoms with Gasteiger partial charge in [0.1, 0.15) is 11.1 Å². The van der Waals surface area contributed by atoms with Crippen LogP contribution in [0, 0.1) is 0 Å². The predicted octanol–water partition coefficient (Wildman–Crippen LogP) is -0.350. The standard InChI is InChI=1S/C10H14N2O4S/c1-5-4-17-9-10(11,16-3)8(14)12(9)6(5)7(13)15-2/h9H,4,11H2,1-3H3/t9-,10?/m0/s1. The first-order valence-corrected chi connectivity index (χ1v) is 6.09. The predicted molar refractivity (Wildman–Crippen MR) is 61.7 cm³/mol. The molecule has 0 aromatic carbocycles. The number of thioether (sulfide) groups is 1. The van der Waals surface area contributed by atoms with Gasteiger partial charge in [0.15, 0.2) is 0 Å². The number of carbonyl (C=O) groups is 2. The zero-order chi connectivity index (χ0) is 12.8. The molecule has 0 radical (unpaired) electrons. The van der Waals surface area contributed by atoms with Gasteiger partial charge in [-0.2, -0.15) is 0 Å². The highest BCUT2D eigenvalue weighted by molar-refractivity contribution is 8.00. The summed E-state index contributed by atoms with van der Waals surface area (Å²) < 4.78 is 9.72. The van der Waals surface area contributed by atoms with Gasteiger partial charge in [0.25, 0.3) is 5.91 Å². The van der Waals surface area contributed by atoms with Crippen LogP contribution in [0.15, 0.2) is 11.3 Å². The monoisotopic (exact) mass is 258 g/mol. The summed E-state index contributed by atoms with van der Waals surface area (Å²) in [6.07, 6.45) is 0. The van der Waals surface area contributed by atoms with Gasteiger partial charge in [-0.15, -0.1) is 11.8 Å². The Bertz CT molecular complexity index is 423. The Balaban J connectivity index is 2.36. The maximum absolute atomic E-state index is 11.9. The molecule has 0 aliphatic carbocycles. The minimum absolute atomic E-state index is 0.291. The van der Waals surface area contributed by atoms with E-state index in [-0.39, 0.29) is 5.37 Å². The number of methoxy groups -OCH3 is 2. The minimum atomic E-state index is -1.33. The number of hydrogen-bond acceptors (Lipinski definition) is 6. The number of ether oxygens (including phenoxy) is 2. The average Bonchev–Trinajstić information content (AvgIpc) is 2.35. The highest BCUT2D eigenvalue weighted by Gasteiger charge is 2.63. The van der Waals surface area contributed by atoms with Crippen molar-refractivity contribution in [1.29, 1.82) is 0 Å². The Hall–Kier alpha value is -1.05. The highest BCUT2D eigenvalue weighted by atomic mass is 32.2. The Kier molecular flexibility index (Phi) is 2.92. The van der Waals surface area contributed by atoms with Crippen molar-refractivity contribution in [1.82, 2.24) is 4.90 Å². The quantitative estimate of drug-likeness (QED) is 0.414. The Morgan fingerprint density at radius 3 is 2.76 bits per heavy atom. The second kappa shape index (κ2) is 4.01. The SMILES string of the molecule is COC(=O)C1=C(C)CS[C@@H]2N1C(=O)C2(N)OC. The van der Waals surface area contributed by atoms with Gasteiger partial charge in [0.2, 0.25) is 5.72 Å². The number of hydrogen-bond donors (Lipinski definition) is 1. The van der Waals surface area contributed by atoms with E-state index in [0.29, 0.717) is 11.4 Å². The van der Waals surface area contributed by atoms with Crippen LogP contribution in [0.5, 0.6) is 0 Å². The van der Waals surface area contributed by atoms with Crippen LogP contribution in [-0.2, 0) is 19.1 Å². The van der Waals surface area contributed by atoms with Crippen LogP contribution in [0.2, 0.25) is 0 Å². The average molecular weight is 258 g/mol. The molecule has 17 heavy (non-hydrogen) atoms. The normalized spacial score (nSPS) is 32.1. The summed E-state index contributed by atoms with van der Waals surface area (Å²) in [4.78, 5) is 25.0. The number of esters is 1. The lowest BCUT2D eigenvalue weighted by Gasteiger charge is -2.54. The molecule has 2 atom stereocenters. The number of β-lactam (4-membered cyclic amide) rings is 1. The lowest BCUT2D eigenvalue weighted by atomic mass is 10.00. The minimum Gasteiger partial charge on any atom is -0.464 e. The molecule has 1 amide bonds. The number of amides is 1. The zero-order valence-corrected chi connectivity index (χ0v) is 10.7. The van der Waals surface area contributed by atoms with E-state index in [0.717, 1.165) is 5.57 Å². The van der Waals surface area contributed by atoms with E-state index < -0.39 is 17.6 Å². The van der Waals surface area contributed by atoms with Crippen molar-refractivity contribution in [3.63, 3.8) is 0 Å². The number of rotatable bonds is 2. The van der Waals surface area contributed by atoms with Gasteiger partial charge in [0.05, 0.1) is 7.11 Å². The second-order valence-electron chi connectivity index (χ2n) is 3.96. The fourth-order valence-corrected chi connectivity index (χ4v) is 3.32. The number of carbonyl (C=O) groups excluding carboxylic acids is 2. The topological polar surface area (TPSA) is 81.9 Å². The van der Waals surface area contributed by atoms with Gasteiger partial charge >= 0.3 is 5.97 Å². The van der Waals surface area contributed by atoms with Crippen LogP contribution in [-0.4, -0.2) is 47.8 Å². The molecule has 94 valence electrons. The first kappa shape index (κ1) is 12.4. The van der Waals surface area contributed by atoms with Crippen molar-refractivity contribution in [2.45, 2.75) is 18.0 Å². The Morgan fingerprint density at radius 1 is 1.59 bits per heavy atom. The molecule has 2 heterocycles. The zero-order valence-electron chi connectivity index (χ0n) is 9.85. The molecule has 2 aliphatic heterocycles. The van der Waals surface area contributed by atoms with E-state index in [4.69, 9.17) is 10.5 Å². The highest BCUT2D eigenvalue weighted by Crippen LogP contribution is 2.45. The molecule has 0 aromatic heterocycles. The van der Waals surface area contributed by atoms with Gasteiger partial charge in [-0.3, -0.25) is 15.4 Å². The molecular weight excluding hydrogens is 244 g/mol. The van der Waals surface area contributed by atoms with Crippen molar-refractivity contribution in [3.05, 3.63) is 11.3 Å². The van der Waals surface area contributed by atoms with Crippen LogP contribution in [0.25, 0.3) is 0 Å². The first-order valence-electron chi connectivity index (χ1n) is 5.04. The number of fused-ring (bicyclic) bond motifs is 1. The third-order valence-corrected chi connectivity index (χ3v) is 4.45.